The Morgan fingerprint density at radius 2 is 1.74 bits per heavy atom. The number of likely N-dealkylation sites (tertiary alicyclic amines) is 1. The Morgan fingerprint density at radius 3 is 2.45 bits per heavy atom. The van der Waals surface area contributed by atoms with Crippen molar-refractivity contribution < 1.29 is 9.47 Å². The summed E-state index contributed by atoms with van der Waals surface area (Å²) in [5.74, 6) is 2.17. The van der Waals surface area contributed by atoms with Crippen molar-refractivity contribution in [3.05, 3.63) is 47.5 Å². The van der Waals surface area contributed by atoms with Crippen molar-refractivity contribution in [2.45, 2.75) is 38.1 Å². The van der Waals surface area contributed by atoms with Gasteiger partial charge in [0.15, 0.2) is 11.5 Å². The molecule has 3 aromatic rings. The maximum Gasteiger partial charge on any atom is 0.161 e. The van der Waals surface area contributed by atoms with Gasteiger partial charge in [0.1, 0.15) is 0 Å². The molecule has 31 heavy (non-hydrogen) atoms. The van der Waals surface area contributed by atoms with Crippen molar-refractivity contribution in [1.82, 2.24) is 15.2 Å². The summed E-state index contributed by atoms with van der Waals surface area (Å²) in [7, 11) is 3.35. The molecule has 0 amide bonds. The van der Waals surface area contributed by atoms with E-state index < -0.39 is 0 Å². The molecule has 1 unspecified atom stereocenters. The predicted octanol–water partition coefficient (Wildman–Crippen LogP) is 4.70. The number of H-pyrrole nitrogens is 1. The summed E-state index contributed by atoms with van der Waals surface area (Å²) in [6, 6.07) is 13.9. The first-order valence-corrected chi connectivity index (χ1v) is 11.5. The summed E-state index contributed by atoms with van der Waals surface area (Å²) >= 11 is 0. The number of aryl methyl sites for hydroxylation is 1. The molecule has 5 rings (SSSR count). The van der Waals surface area contributed by atoms with E-state index in [9.17, 15) is 0 Å². The van der Waals surface area contributed by atoms with Crippen LogP contribution in [0.4, 0.5) is 0 Å². The SMILES string of the molecule is COc1ccc(-c2[nH]c3ccc(C4CCN(C5CCNC5)CC4)cc3c2C)cc1OC. The van der Waals surface area contributed by atoms with Crippen LogP contribution in [-0.4, -0.2) is 56.3 Å². The number of aromatic amines is 1. The van der Waals surface area contributed by atoms with Gasteiger partial charge in [-0.1, -0.05) is 6.07 Å². The number of rotatable bonds is 5. The number of methoxy groups -OCH3 is 2. The fraction of sp³-hybridized carbons (Fsp3) is 0.462. The fourth-order valence-electron chi connectivity index (χ4n) is 5.43. The van der Waals surface area contributed by atoms with Crippen LogP contribution >= 0.6 is 0 Å². The van der Waals surface area contributed by atoms with E-state index in [0.717, 1.165) is 35.3 Å². The van der Waals surface area contributed by atoms with Crippen molar-refractivity contribution >= 4 is 10.9 Å². The molecule has 5 nitrogen and oxygen atoms in total. The van der Waals surface area contributed by atoms with Crippen LogP contribution in [0.15, 0.2) is 36.4 Å². The third kappa shape index (κ3) is 3.81. The molecule has 0 spiro atoms. The highest BCUT2D eigenvalue weighted by atomic mass is 16.5. The maximum atomic E-state index is 5.51. The molecular weight excluding hydrogens is 386 g/mol. The molecule has 2 fully saturated rings. The summed E-state index contributed by atoms with van der Waals surface area (Å²) in [6.07, 6.45) is 3.82. The lowest BCUT2D eigenvalue weighted by molar-refractivity contribution is 0.161. The quantitative estimate of drug-likeness (QED) is 0.629. The van der Waals surface area contributed by atoms with Gasteiger partial charge in [-0.05, 0) is 93.2 Å². The summed E-state index contributed by atoms with van der Waals surface area (Å²) < 4.78 is 10.9. The van der Waals surface area contributed by atoms with E-state index in [0.29, 0.717) is 5.92 Å². The molecule has 164 valence electrons. The second kappa shape index (κ2) is 8.56. The lowest BCUT2D eigenvalue weighted by Gasteiger charge is -2.36. The maximum absolute atomic E-state index is 5.51. The van der Waals surface area contributed by atoms with Gasteiger partial charge < -0.3 is 19.8 Å². The van der Waals surface area contributed by atoms with Crippen LogP contribution in [0, 0.1) is 6.92 Å². The Balaban J connectivity index is 1.39. The van der Waals surface area contributed by atoms with Crippen molar-refractivity contribution in [2.75, 3.05) is 40.4 Å². The molecule has 1 aromatic heterocycles. The van der Waals surface area contributed by atoms with Crippen molar-refractivity contribution in [3.63, 3.8) is 0 Å². The largest absolute Gasteiger partial charge is 0.493 e. The minimum Gasteiger partial charge on any atom is -0.493 e. The Morgan fingerprint density at radius 1 is 0.935 bits per heavy atom. The van der Waals surface area contributed by atoms with Crippen LogP contribution in [0.3, 0.4) is 0 Å². The molecule has 2 aromatic carbocycles. The van der Waals surface area contributed by atoms with Crippen LogP contribution in [0.1, 0.15) is 36.3 Å². The van der Waals surface area contributed by atoms with Crippen molar-refractivity contribution in [1.29, 1.82) is 0 Å². The summed E-state index contributed by atoms with van der Waals surface area (Å²) in [4.78, 5) is 6.33. The first-order chi connectivity index (χ1) is 15.2. The molecule has 2 aliphatic rings. The standard InChI is InChI=1S/C26H33N3O2/c1-17-22-14-19(18-9-12-29(13-10-18)21-8-11-27-16-21)4-6-23(22)28-26(17)20-5-7-24(30-2)25(15-20)31-3/h4-7,14-15,18,21,27-28H,8-13,16H2,1-3H3. The zero-order chi connectivity index (χ0) is 21.4. The average molecular weight is 420 g/mol. The van der Waals surface area contributed by atoms with Gasteiger partial charge in [-0.25, -0.2) is 0 Å². The van der Waals surface area contributed by atoms with E-state index in [2.05, 4.69) is 46.4 Å². The van der Waals surface area contributed by atoms with Crippen LogP contribution in [0.25, 0.3) is 22.2 Å². The number of piperidine rings is 1. The van der Waals surface area contributed by atoms with Gasteiger partial charge in [-0.3, -0.25) is 4.90 Å². The fourth-order valence-corrected chi connectivity index (χ4v) is 5.43. The molecule has 2 aliphatic heterocycles. The van der Waals surface area contributed by atoms with E-state index in [1.54, 1.807) is 14.2 Å². The van der Waals surface area contributed by atoms with Gasteiger partial charge in [0.25, 0.3) is 0 Å². The predicted molar refractivity (Wildman–Crippen MR) is 126 cm³/mol. The molecule has 3 heterocycles. The van der Waals surface area contributed by atoms with Crippen molar-refractivity contribution in [2.24, 2.45) is 0 Å². The number of nitrogens with one attached hydrogen (secondary N) is 2. The minimum absolute atomic E-state index is 0.661. The van der Waals surface area contributed by atoms with Gasteiger partial charge in [0, 0.05) is 34.7 Å². The highest BCUT2D eigenvalue weighted by Crippen LogP contribution is 2.37. The Labute approximate surface area is 184 Å². The van der Waals surface area contributed by atoms with E-state index in [4.69, 9.17) is 9.47 Å². The monoisotopic (exact) mass is 419 g/mol. The third-order valence-electron chi connectivity index (χ3n) is 7.31. The summed E-state index contributed by atoms with van der Waals surface area (Å²) in [5.41, 5.74) is 6.24. The normalized spacial score (nSPS) is 20.4. The van der Waals surface area contributed by atoms with E-state index >= 15 is 0 Å². The molecule has 0 saturated carbocycles. The number of benzene rings is 2. The van der Waals surface area contributed by atoms with E-state index in [1.165, 1.54) is 60.9 Å². The molecular formula is C26H33N3O2. The first-order valence-electron chi connectivity index (χ1n) is 11.5. The molecule has 0 aliphatic carbocycles. The number of hydrogen-bond acceptors (Lipinski definition) is 4. The summed E-state index contributed by atoms with van der Waals surface area (Å²) in [6.45, 7) is 7.00. The number of nitrogens with zero attached hydrogens (tertiary/aromatic N) is 1. The molecule has 2 saturated heterocycles. The van der Waals surface area contributed by atoms with Crippen LogP contribution < -0.4 is 14.8 Å². The zero-order valence-corrected chi connectivity index (χ0v) is 18.8. The molecule has 1 atom stereocenters. The summed E-state index contributed by atoms with van der Waals surface area (Å²) in [5, 5.41) is 4.83. The third-order valence-corrected chi connectivity index (χ3v) is 7.31. The molecule has 0 radical (unpaired) electrons. The highest BCUT2D eigenvalue weighted by molar-refractivity contribution is 5.91. The molecule has 0 bridgehead atoms. The molecule has 5 heteroatoms. The minimum atomic E-state index is 0.661. The number of aromatic nitrogens is 1. The second-order valence-corrected chi connectivity index (χ2v) is 8.96. The van der Waals surface area contributed by atoms with Gasteiger partial charge in [-0.2, -0.15) is 0 Å². The Bertz CT molecular complexity index is 1060. The lowest BCUT2D eigenvalue weighted by atomic mass is 9.88. The number of fused-ring (bicyclic) bond motifs is 1. The van der Waals surface area contributed by atoms with Gasteiger partial charge in [-0.15, -0.1) is 0 Å². The number of ether oxygens (including phenoxy) is 2. The smallest absolute Gasteiger partial charge is 0.161 e. The Kier molecular flexibility index (Phi) is 5.63. The lowest BCUT2D eigenvalue weighted by Crippen LogP contribution is -2.42. The van der Waals surface area contributed by atoms with Crippen LogP contribution in [0.5, 0.6) is 11.5 Å². The Hall–Kier alpha value is -2.50. The number of hydrogen-bond donors (Lipinski definition) is 2. The first kappa shape index (κ1) is 20.4. The molecule has 2 N–H and O–H groups in total. The van der Waals surface area contributed by atoms with E-state index in [1.807, 2.05) is 12.1 Å². The average Bonchev–Trinajstić information content (AvgIpc) is 3.47. The highest BCUT2D eigenvalue weighted by Gasteiger charge is 2.27. The van der Waals surface area contributed by atoms with Crippen LogP contribution in [-0.2, 0) is 0 Å². The van der Waals surface area contributed by atoms with Crippen molar-refractivity contribution in [3.8, 4) is 22.8 Å². The van der Waals surface area contributed by atoms with Gasteiger partial charge in [0.2, 0.25) is 0 Å². The second-order valence-electron chi connectivity index (χ2n) is 8.96. The topological polar surface area (TPSA) is 49.5 Å². The van der Waals surface area contributed by atoms with Crippen LogP contribution in [0.2, 0.25) is 0 Å². The van der Waals surface area contributed by atoms with E-state index in [-0.39, 0.29) is 0 Å². The van der Waals surface area contributed by atoms with Gasteiger partial charge >= 0.3 is 0 Å². The zero-order valence-electron chi connectivity index (χ0n) is 18.8. The van der Waals surface area contributed by atoms with Gasteiger partial charge in [0.05, 0.1) is 14.2 Å².